The highest BCUT2D eigenvalue weighted by Crippen LogP contribution is 2.24. The smallest absolute Gasteiger partial charge is 0.170 e. The average Bonchev–Trinajstić information content (AvgIpc) is 2.85. The van der Waals surface area contributed by atoms with Gasteiger partial charge in [-0.1, -0.05) is 6.07 Å². The Morgan fingerprint density at radius 3 is 2.95 bits per heavy atom. The predicted molar refractivity (Wildman–Crippen MR) is 91.9 cm³/mol. The highest BCUT2D eigenvalue weighted by atomic mass is 79.9. The van der Waals surface area contributed by atoms with E-state index in [-0.39, 0.29) is 0 Å². The van der Waals surface area contributed by atoms with E-state index >= 15 is 0 Å². The van der Waals surface area contributed by atoms with E-state index in [2.05, 4.69) is 31.7 Å². The van der Waals surface area contributed by atoms with Crippen LogP contribution in [0.5, 0.6) is 5.75 Å². The zero-order chi connectivity index (χ0) is 15.2. The lowest BCUT2D eigenvalue weighted by Crippen LogP contribution is -2.31. The second kappa shape index (κ2) is 7.42. The molecule has 0 amide bonds. The third-order valence-electron chi connectivity index (χ3n) is 2.83. The van der Waals surface area contributed by atoms with Crippen molar-refractivity contribution in [3.8, 4) is 5.75 Å². The van der Waals surface area contributed by atoms with Crippen molar-refractivity contribution in [3.63, 3.8) is 0 Å². The molecule has 0 unspecified atom stereocenters. The van der Waals surface area contributed by atoms with Crippen molar-refractivity contribution in [2.75, 3.05) is 19.0 Å². The van der Waals surface area contributed by atoms with E-state index in [9.17, 15) is 0 Å². The number of ether oxygens (including phenoxy) is 1. The van der Waals surface area contributed by atoms with Gasteiger partial charge in [0.25, 0.3) is 0 Å². The molecule has 0 aliphatic carbocycles. The molecule has 0 fully saturated rings. The van der Waals surface area contributed by atoms with Crippen LogP contribution in [0.15, 0.2) is 35.1 Å². The van der Waals surface area contributed by atoms with Gasteiger partial charge in [-0.25, -0.2) is 0 Å². The number of aryl methyl sites for hydroxylation is 1. The van der Waals surface area contributed by atoms with Crippen LogP contribution in [-0.4, -0.2) is 28.5 Å². The first-order valence-corrected chi connectivity index (χ1v) is 7.66. The molecule has 2 rings (SSSR count). The topological polar surface area (TPSA) is 51.1 Å². The number of thiocarbonyl (C=S) groups is 1. The second-order valence-electron chi connectivity index (χ2n) is 4.51. The van der Waals surface area contributed by atoms with Crippen LogP contribution in [0, 0.1) is 6.92 Å². The molecule has 0 saturated heterocycles. The molecule has 0 atom stereocenters. The fraction of sp³-hybridized carbons (Fsp3) is 0.286. The molecular formula is C14H17BrN4OS. The Morgan fingerprint density at radius 1 is 1.48 bits per heavy atom. The van der Waals surface area contributed by atoms with Crippen molar-refractivity contribution in [2.45, 2.75) is 13.5 Å². The summed E-state index contributed by atoms with van der Waals surface area (Å²) in [5.74, 6) is 0.765. The monoisotopic (exact) mass is 368 g/mol. The van der Waals surface area contributed by atoms with Gasteiger partial charge >= 0.3 is 0 Å². The number of halogens is 1. The molecule has 0 aliphatic heterocycles. The standard InChI is InChI=1S/C14H17BrN4OS/c1-10-3-4-13(20-2)12(7-10)18-14(21)16-5-6-19-9-11(15)8-17-19/h3-4,7-9H,5-6H2,1-2H3,(H2,16,18,21). The summed E-state index contributed by atoms with van der Waals surface area (Å²) < 4.78 is 8.11. The largest absolute Gasteiger partial charge is 0.495 e. The molecule has 5 nitrogen and oxygen atoms in total. The maximum Gasteiger partial charge on any atom is 0.170 e. The summed E-state index contributed by atoms with van der Waals surface area (Å²) in [6.45, 7) is 3.45. The number of aromatic nitrogens is 2. The number of nitrogens with zero attached hydrogens (tertiary/aromatic N) is 2. The summed E-state index contributed by atoms with van der Waals surface area (Å²) >= 11 is 8.65. The minimum atomic E-state index is 0.560. The SMILES string of the molecule is COc1ccc(C)cc1NC(=S)NCCn1cc(Br)cn1. The van der Waals surface area contributed by atoms with Gasteiger partial charge in [-0.05, 0) is 52.8 Å². The number of hydrogen-bond acceptors (Lipinski definition) is 3. The van der Waals surface area contributed by atoms with E-state index in [0.29, 0.717) is 11.7 Å². The number of benzene rings is 1. The van der Waals surface area contributed by atoms with E-state index in [4.69, 9.17) is 17.0 Å². The first kappa shape index (κ1) is 15.8. The van der Waals surface area contributed by atoms with Crippen molar-refractivity contribution in [2.24, 2.45) is 0 Å². The Kier molecular flexibility index (Phi) is 5.58. The van der Waals surface area contributed by atoms with Gasteiger partial charge in [-0.3, -0.25) is 4.68 Å². The van der Waals surface area contributed by atoms with Gasteiger partial charge in [0.15, 0.2) is 5.11 Å². The Morgan fingerprint density at radius 2 is 2.29 bits per heavy atom. The summed E-state index contributed by atoms with van der Waals surface area (Å²) in [5.41, 5.74) is 2.00. The van der Waals surface area contributed by atoms with E-state index in [1.807, 2.05) is 36.0 Å². The van der Waals surface area contributed by atoms with Crippen LogP contribution in [0.25, 0.3) is 0 Å². The molecule has 0 bridgehead atoms. The third kappa shape index (κ3) is 4.71. The molecule has 2 aromatic rings. The number of rotatable bonds is 5. The first-order valence-electron chi connectivity index (χ1n) is 6.46. The Hall–Kier alpha value is -1.60. The van der Waals surface area contributed by atoms with Gasteiger partial charge in [0.1, 0.15) is 5.75 Å². The lowest BCUT2D eigenvalue weighted by molar-refractivity contribution is 0.417. The zero-order valence-corrected chi connectivity index (χ0v) is 14.3. The fourth-order valence-electron chi connectivity index (χ4n) is 1.83. The van der Waals surface area contributed by atoms with E-state index in [0.717, 1.165) is 28.0 Å². The van der Waals surface area contributed by atoms with E-state index < -0.39 is 0 Å². The van der Waals surface area contributed by atoms with Crippen LogP contribution in [0.2, 0.25) is 0 Å². The molecular weight excluding hydrogens is 352 g/mol. The van der Waals surface area contributed by atoms with Crippen molar-refractivity contribution < 1.29 is 4.74 Å². The molecule has 0 saturated carbocycles. The predicted octanol–water partition coefficient (Wildman–Crippen LogP) is 2.95. The van der Waals surface area contributed by atoms with Crippen LogP contribution in [0.3, 0.4) is 0 Å². The quantitative estimate of drug-likeness (QED) is 0.794. The molecule has 7 heteroatoms. The zero-order valence-electron chi connectivity index (χ0n) is 11.9. The molecule has 0 radical (unpaired) electrons. The summed E-state index contributed by atoms with van der Waals surface area (Å²) in [7, 11) is 1.64. The molecule has 21 heavy (non-hydrogen) atoms. The van der Waals surface area contributed by atoms with Crippen LogP contribution >= 0.6 is 28.1 Å². The molecule has 1 aromatic heterocycles. The maximum atomic E-state index is 5.31. The van der Waals surface area contributed by atoms with Gasteiger partial charge in [-0.15, -0.1) is 0 Å². The second-order valence-corrected chi connectivity index (χ2v) is 5.83. The first-order chi connectivity index (χ1) is 10.1. The molecule has 2 N–H and O–H groups in total. The van der Waals surface area contributed by atoms with Gasteiger partial charge in [0.2, 0.25) is 0 Å². The van der Waals surface area contributed by atoms with Gasteiger partial charge < -0.3 is 15.4 Å². The van der Waals surface area contributed by atoms with Gasteiger partial charge in [-0.2, -0.15) is 5.10 Å². The lowest BCUT2D eigenvalue weighted by Gasteiger charge is -2.14. The van der Waals surface area contributed by atoms with Gasteiger partial charge in [0.05, 0.1) is 30.0 Å². The minimum absolute atomic E-state index is 0.560. The van der Waals surface area contributed by atoms with Crippen molar-refractivity contribution in [3.05, 3.63) is 40.6 Å². The fourth-order valence-corrected chi connectivity index (χ4v) is 2.37. The van der Waals surface area contributed by atoms with Crippen LogP contribution in [0.1, 0.15) is 5.56 Å². The molecule has 1 aromatic carbocycles. The lowest BCUT2D eigenvalue weighted by atomic mass is 10.2. The molecule has 0 aliphatic rings. The summed E-state index contributed by atoms with van der Waals surface area (Å²) in [5, 5.41) is 11.0. The number of nitrogens with one attached hydrogen (secondary N) is 2. The minimum Gasteiger partial charge on any atom is -0.495 e. The van der Waals surface area contributed by atoms with Crippen LogP contribution in [0.4, 0.5) is 5.69 Å². The summed E-state index contributed by atoms with van der Waals surface area (Å²) in [4.78, 5) is 0. The maximum absolute atomic E-state index is 5.31. The van der Waals surface area contributed by atoms with Crippen LogP contribution in [-0.2, 0) is 6.54 Å². The summed E-state index contributed by atoms with van der Waals surface area (Å²) in [6, 6.07) is 5.91. The highest BCUT2D eigenvalue weighted by Gasteiger charge is 2.05. The van der Waals surface area contributed by atoms with Crippen molar-refractivity contribution >= 4 is 38.9 Å². The average molecular weight is 369 g/mol. The Labute approximate surface area is 137 Å². The Balaban J connectivity index is 1.85. The molecule has 1 heterocycles. The van der Waals surface area contributed by atoms with Crippen LogP contribution < -0.4 is 15.4 Å². The normalized spacial score (nSPS) is 10.2. The number of methoxy groups -OCH3 is 1. The van der Waals surface area contributed by atoms with Crippen molar-refractivity contribution in [1.29, 1.82) is 0 Å². The molecule has 112 valence electrons. The van der Waals surface area contributed by atoms with E-state index in [1.165, 1.54) is 0 Å². The van der Waals surface area contributed by atoms with Crippen molar-refractivity contribution in [1.82, 2.24) is 15.1 Å². The van der Waals surface area contributed by atoms with E-state index in [1.54, 1.807) is 13.3 Å². The molecule has 0 spiro atoms. The summed E-state index contributed by atoms with van der Waals surface area (Å²) in [6.07, 6.45) is 3.68. The number of hydrogen-bond donors (Lipinski definition) is 2. The number of anilines is 1. The van der Waals surface area contributed by atoms with Gasteiger partial charge in [0, 0.05) is 12.7 Å². The third-order valence-corrected chi connectivity index (χ3v) is 3.49. The Bertz CT molecular complexity index is 629. The highest BCUT2D eigenvalue weighted by molar-refractivity contribution is 9.10.